The van der Waals surface area contributed by atoms with Crippen LogP contribution in [0, 0.1) is 11.3 Å². The maximum absolute atomic E-state index is 14.9. The van der Waals surface area contributed by atoms with Crippen LogP contribution in [0.2, 0.25) is 0 Å². The molecule has 2 heterocycles. The molecule has 0 bridgehead atoms. The largest absolute Gasteiger partial charge is 0.417 e. The Balaban J connectivity index is 1.23. The first-order valence-electron chi connectivity index (χ1n) is 21.2. The molecule has 3 nitrogen and oxygen atoms in total. The van der Waals surface area contributed by atoms with Crippen molar-refractivity contribution in [2.45, 2.75) is 30.9 Å². The maximum Gasteiger partial charge on any atom is 0.417 e. The molecule has 0 aliphatic carbocycles. The summed E-state index contributed by atoms with van der Waals surface area (Å²) in [4.78, 5) is 0. The summed E-state index contributed by atoms with van der Waals surface area (Å²) >= 11 is 0. The molecule has 0 fully saturated rings. The average molecular weight is 1000 g/mol. The summed E-state index contributed by atoms with van der Waals surface area (Å²) in [7, 11) is 0. The molecule has 0 spiro atoms. The van der Waals surface area contributed by atoms with Gasteiger partial charge in [-0.15, -0.1) is 0 Å². The highest BCUT2D eigenvalue weighted by atomic mass is 19.4. The quantitative estimate of drug-likeness (QED) is 0.158. The predicted octanol–water partition coefficient (Wildman–Crippen LogP) is 17.8. The van der Waals surface area contributed by atoms with Crippen LogP contribution >= 0.6 is 0 Å². The molecule has 72 heavy (non-hydrogen) atoms. The number of fused-ring (bicyclic) bond motifs is 6. The number of hydrogen-bond donors (Lipinski definition) is 0. The van der Waals surface area contributed by atoms with E-state index in [4.69, 9.17) is 0 Å². The molecule has 362 valence electrons. The van der Waals surface area contributed by atoms with Gasteiger partial charge in [0.2, 0.25) is 0 Å². The summed E-state index contributed by atoms with van der Waals surface area (Å²) < 4.78 is 216. The predicted molar refractivity (Wildman–Crippen MR) is 241 cm³/mol. The fourth-order valence-corrected chi connectivity index (χ4v) is 9.42. The highest BCUT2D eigenvalue weighted by molar-refractivity contribution is 6.13. The molecule has 10 rings (SSSR count). The first-order chi connectivity index (χ1) is 33.8. The second-order valence-electron chi connectivity index (χ2n) is 16.7. The second kappa shape index (κ2) is 16.4. The van der Waals surface area contributed by atoms with Crippen LogP contribution in [0.25, 0.3) is 88.4 Å². The Morgan fingerprint density at radius 3 is 1.19 bits per heavy atom. The molecule has 2 aromatic heterocycles. The second-order valence-corrected chi connectivity index (χ2v) is 16.7. The van der Waals surface area contributed by atoms with E-state index in [2.05, 4.69) is 6.07 Å². The van der Waals surface area contributed by atoms with Crippen molar-refractivity contribution in [2.24, 2.45) is 0 Å². The highest BCUT2D eigenvalue weighted by Crippen LogP contribution is 2.48. The monoisotopic (exact) mass is 1000 g/mol. The van der Waals surface area contributed by atoms with Gasteiger partial charge in [0.05, 0.1) is 72.9 Å². The molecule has 0 saturated carbocycles. The van der Waals surface area contributed by atoms with Gasteiger partial charge in [0.25, 0.3) is 0 Å². The van der Waals surface area contributed by atoms with Crippen LogP contribution in [-0.4, -0.2) is 9.13 Å². The maximum atomic E-state index is 14.9. The lowest BCUT2D eigenvalue weighted by atomic mass is 9.94. The first-order valence-corrected chi connectivity index (χ1v) is 21.2. The zero-order chi connectivity index (χ0) is 51.4. The van der Waals surface area contributed by atoms with Gasteiger partial charge in [-0.1, -0.05) is 66.7 Å². The third-order valence-corrected chi connectivity index (χ3v) is 12.5. The van der Waals surface area contributed by atoms with E-state index in [0.29, 0.717) is 40.0 Å². The summed E-state index contributed by atoms with van der Waals surface area (Å²) in [6.07, 6.45) is -25.6. The SMILES string of the molecule is N#Cc1cccc(-n2c3ccccc3c3cc(-c4ccc(C(F)(F)F)cc4C(F)(F)F)ccc32)c1-c1cc(C(F)(F)F)ccc1-n1c2ccccc2c2cc(-c3ccc(C(F)(F)F)cc3C(F)(F)F)ccc21. The fraction of sp³-hybridized carbons (Fsp3) is 0.0926. The van der Waals surface area contributed by atoms with Crippen molar-refractivity contribution in [3.05, 3.63) is 191 Å². The molecule has 0 N–H and O–H groups in total. The summed E-state index contributed by atoms with van der Waals surface area (Å²) in [5.41, 5.74) is -7.66. The van der Waals surface area contributed by atoms with Gasteiger partial charge >= 0.3 is 30.9 Å². The highest BCUT2D eigenvalue weighted by Gasteiger charge is 2.40. The molecule has 0 aliphatic heterocycles. The van der Waals surface area contributed by atoms with Gasteiger partial charge in [0.1, 0.15) is 0 Å². The summed E-state index contributed by atoms with van der Waals surface area (Å²) in [6.45, 7) is 0. The van der Waals surface area contributed by atoms with Crippen molar-refractivity contribution < 1.29 is 65.9 Å². The van der Waals surface area contributed by atoms with Crippen LogP contribution in [0.4, 0.5) is 65.9 Å². The molecule has 0 unspecified atom stereocenters. The molecule has 0 saturated heterocycles. The molecule has 0 aliphatic rings. The van der Waals surface area contributed by atoms with E-state index in [1.165, 1.54) is 54.6 Å². The average Bonchev–Trinajstić information content (AvgIpc) is 3.83. The minimum absolute atomic E-state index is 0.0145. The summed E-state index contributed by atoms with van der Waals surface area (Å²) in [5, 5.41) is 12.1. The number of aromatic nitrogens is 2. The van der Waals surface area contributed by atoms with E-state index in [-0.39, 0.29) is 73.1 Å². The molecule has 18 heteroatoms. The van der Waals surface area contributed by atoms with Gasteiger partial charge in [0.15, 0.2) is 0 Å². The Bertz CT molecular complexity index is 3870. The molecule has 0 radical (unpaired) electrons. The van der Waals surface area contributed by atoms with Gasteiger partial charge < -0.3 is 9.13 Å². The molecular weight excluding hydrogens is 976 g/mol. The summed E-state index contributed by atoms with van der Waals surface area (Å²) in [6, 6.07) is 32.6. The zero-order valence-electron chi connectivity index (χ0n) is 36.0. The number of alkyl halides is 15. The van der Waals surface area contributed by atoms with Gasteiger partial charge in [-0.25, -0.2) is 0 Å². The molecule has 0 amide bonds. The zero-order valence-corrected chi connectivity index (χ0v) is 36.0. The number of halogens is 15. The van der Waals surface area contributed by atoms with Gasteiger partial charge in [-0.3, -0.25) is 0 Å². The molecule has 0 atom stereocenters. The standard InChI is InChI=1S/C54H26F15N3/c55-50(56,57)31-16-21-47(71-43-9-3-1-7-36(43)38-22-28(12-19-45(38)71)34-17-14-32(51(58,59)60)25-41(34)53(64,65)66)40(24-31)49-30(27-70)6-5-11-48(49)72-44-10-4-2-8-37(44)39-23-29(13-20-46(39)72)35-18-15-33(52(61,62)63)26-42(35)54(67,68)69/h1-26H. The van der Waals surface area contributed by atoms with Gasteiger partial charge in [-0.2, -0.15) is 71.1 Å². The molecule has 10 aromatic rings. The van der Waals surface area contributed by atoms with Crippen LogP contribution in [0.5, 0.6) is 0 Å². The van der Waals surface area contributed by atoms with Crippen LogP contribution < -0.4 is 0 Å². The topological polar surface area (TPSA) is 33.6 Å². The van der Waals surface area contributed by atoms with Crippen molar-refractivity contribution in [2.75, 3.05) is 0 Å². The van der Waals surface area contributed by atoms with E-state index < -0.39 is 69.8 Å². The Labute approximate surface area is 395 Å². The minimum atomic E-state index is -5.22. The lowest BCUT2D eigenvalue weighted by Gasteiger charge is -2.21. The summed E-state index contributed by atoms with van der Waals surface area (Å²) in [5.74, 6) is 0. The van der Waals surface area contributed by atoms with Crippen molar-refractivity contribution in [3.63, 3.8) is 0 Å². The number of rotatable bonds is 5. The Kier molecular flexibility index (Phi) is 10.8. The van der Waals surface area contributed by atoms with E-state index in [9.17, 15) is 71.1 Å². The van der Waals surface area contributed by atoms with Gasteiger partial charge in [-0.05, 0) is 113 Å². The molecule has 8 aromatic carbocycles. The van der Waals surface area contributed by atoms with E-state index in [1.54, 1.807) is 57.7 Å². The molecular formula is C54H26F15N3. The van der Waals surface area contributed by atoms with Crippen molar-refractivity contribution >= 4 is 43.6 Å². The van der Waals surface area contributed by atoms with E-state index >= 15 is 0 Å². The van der Waals surface area contributed by atoms with Crippen LogP contribution in [0.3, 0.4) is 0 Å². The van der Waals surface area contributed by atoms with Crippen molar-refractivity contribution in [3.8, 4) is 50.8 Å². The minimum Gasteiger partial charge on any atom is -0.309 e. The van der Waals surface area contributed by atoms with Crippen molar-refractivity contribution in [1.82, 2.24) is 9.13 Å². The lowest BCUT2D eigenvalue weighted by Crippen LogP contribution is -2.12. The van der Waals surface area contributed by atoms with E-state index in [1.807, 2.05) is 0 Å². The lowest BCUT2D eigenvalue weighted by molar-refractivity contribution is -0.144. The Morgan fingerprint density at radius 2 is 0.750 bits per heavy atom. The smallest absolute Gasteiger partial charge is 0.309 e. The Hall–Kier alpha value is -8.20. The third kappa shape index (κ3) is 8.02. The normalized spacial score (nSPS) is 12.9. The van der Waals surface area contributed by atoms with E-state index in [0.717, 1.165) is 24.3 Å². The number of nitriles is 1. The number of hydrogen-bond acceptors (Lipinski definition) is 1. The third-order valence-electron chi connectivity index (χ3n) is 12.5. The first kappa shape index (κ1) is 47.5. The number of benzene rings is 8. The van der Waals surface area contributed by atoms with Gasteiger partial charge in [0, 0.05) is 32.7 Å². The Morgan fingerprint density at radius 1 is 0.333 bits per heavy atom. The van der Waals surface area contributed by atoms with Crippen LogP contribution in [0.1, 0.15) is 33.4 Å². The van der Waals surface area contributed by atoms with Crippen LogP contribution in [0.15, 0.2) is 158 Å². The van der Waals surface area contributed by atoms with Crippen molar-refractivity contribution in [1.29, 1.82) is 5.26 Å². The van der Waals surface area contributed by atoms with Crippen LogP contribution in [-0.2, 0) is 30.9 Å². The fourth-order valence-electron chi connectivity index (χ4n) is 9.42. The number of para-hydroxylation sites is 2. The number of nitrogens with zero attached hydrogens (tertiary/aromatic N) is 3.